The van der Waals surface area contributed by atoms with Gasteiger partial charge in [0.2, 0.25) is 5.91 Å². The van der Waals surface area contributed by atoms with Crippen LogP contribution >= 0.6 is 11.6 Å². The van der Waals surface area contributed by atoms with Crippen molar-refractivity contribution in [1.82, 2.24) is 0 Å². The number of ether oxygens (including phenoxy) is 2. The summed E-state index contributed by atoms with van der Waals surface area (Å²) in [4.78, 5) is 14.3. The lowest BCUT2D eigenvalue weighted by atomic mass is 10.2. The summed E-state index contributed by atoms with van der Waals surface area (Å²) >= 11 is 6.22. The number of benzene rings is 2. The van der Waals surface area contributed by atoms with Crippen molar-refractivity contribution in [3.63, 3.8) is 0 Å². The number of halogens is 1. The molecule has 2 aromatic carbocycles. The van der Waals surface area contributed by atoms with Crippen molar-refractivity contribution >= 4 is 34.0 Å². The first kappa shape index (κ1) is 17.4. The predicted octanol–water partition coefficient (Wildman–Crippen LogP) is 2.95. The molecule has 0 bridgehead atoms. The van der Waals surface area contributed by atoms with Crippen LogP contribution in [0.15, 0.2) is 36.4 Å². The zero-order valence-electron chi connectivity index (χ0n) is 14.1. The van der Waals surface area contributed by atoms with Crippen LogP contribution in [0.2, 0.25) is 5.02 Å². The van der Waals surface area contributed by atoms with Crippen molar-refractivity contribution in [2.45, 2.75) is 12.2 Å². The molecule has 1 atom stereocenters. The summed E-state index contributed by atoms with van der Waals surface area (Å²) in [6, 6.07) is 11.4. The smallest absolute Gasteiger partial charge is 0.239 e. The van der Waals surface area contributed by atoms with Gasteiger partial charge >= 0.3 is 0 Å². The molecule has 2 aliphatic rings. The second-order valence-corrected chi connectivity index (χ2v) is 8.12. The molecule has 2 heterocycles. The molecule has 0 saturated carbocycles. The quantitative estimate of drug-likeness (QED) is 0.804. The van der Waals surface area contributed by atoms with Crippen LogP contribution in [-0.4, -0.2) is 35.6 Å². The molecule has 0 radical (unpaired) electrons. The highest BCUT2D eigenvalue weighted by molar-refractivity contribution is 7.84. The van der Waals surface area contributed by atoms with Gasteiger partial charge in [0.05, 0.1) is 5.02 Å². The van der Waals surface area contributed by atoms with E-state index in [1.54, 1.807) is 17.0 Å². The molecule has 26 heavy (non-hydrogen) atoms. The third kappa shape index (κ3) is 3.44. The molecule has 4 rings (SSSR count). The normalized spacial score (nSPS) is 16.3. The minimum absolute atomic E-state index is 0.0135. The molecule has 2 aromatic rings. The van der Waals surface area contributed by atoms with Gasteiger partial charge in [-0.1, -0.05) is 29.8 Å². The van der Waals surface area contributed by atoms with E-state index in [2.05, 4.69) is 0 Å². The average Bonchev–Trinajstić information content (AvgIpc) is 3.06. The number of carbonyl (C=O) groups is 1. The van der Waals surface area contributed by atoms with Crippen LogP contribution in [-0.2, 0) is 27.8 Å². The number of hydrogen-bond donors (Lipinski definition) is 0. The first-order valence-corrected chi connectivity index (χ1v) is 10.3. The van der Waals surface area contributed by atoms with Crippen molar-refractivity contribution in [1.29, 1.82) is 0 Å². The SMILES string of the molecule is O=C(C[S@](=O)Cc1cc(Cl)c2c(c1)OCCO2)N1CCc2ccccc21. The average molecular weight is 392 g/mol. The summed E-state index contributed by atoms with van der Waals surface area (Å²) < 4.78 is 23.5. The van der Waals surface area contributed by atoms with E-state index in [1.165, 1.54) is 0 Å². The molecule has 0 saturated heterocycles. The Morgan fingerprint density at radius 3 is 2.88 bits per heavy atom. The van der Waals surface area contributed by atoms with Crippen LogP contribution in [0, 0.1) is 0 Å². The highest BCUT2D eigenvalue weighted by Crippen LogP contribution is 2.38. The van der Waals surface area contributed by atoms with E-state index >= 15 is 0 Å². The Bertz CT molecular complexity index is 886. The first-order valence-electron chi connectivity index (χ1n) is 8.43. The standard InChI is InChI=1S/C19H18ClNO4S/c20-15-9-13(10-17-19(15)25-8-7-24-17)11-26(23)12-18(22)21-6-5-14-3-1-2-4-16(14)21/h1-4,9-10H,5-8,11-12H2/t26-/m1/s1. The summed E-state index contributed by atoms with van der Waals surface area (Å²) in [5, 5.41) is 0.439. The van der Waals surface area contributed by atoms with E-state index in [1.807, 2.05) is 24.3 Å². The van der Waals surface area contributed by atoms with Crippen molar-refractivity contribution in [2.24, 2.45) is 0 Å². The van der Waals surface area contributed by atoms with Gasteiger partial charge in [-0.3, -0.25) is 9.00 Å². The lowest BCUT2D eigenvalue weighted by Gasteiger charge is -2.20. The number of carbonyl (C=O) groups excluding carboxylic acids is 1. The van der Waals surface area contributed by atoms with Gasteiger partial charge in [0.25, 0.3) is 0 Å². The molecule has 1 amide bonds. The number of para-hydroxylation sites is 1. The maximum Gasteiger partial charge on any atom is 0.239 e. The van der Waals surface area contributed by atoms with E-state index in [4.69, 9.17) is 21.1 Å². The fourth-order valence-corrected chi connectivity index (χ4v) is 4.66. The Morgan fingerprint density at radius 1 is 1.19 bits per heavy atom. The van der Waals surface area contributed by atoms with Gasteiger partial charge in [-0.15, -0.1) is 0 Å². The number of nitrogens with zero attached hydrogens (tertiary/aromatic N) is 1. The second-order valence-electron chi connectivity index (χ2n) is 6.25. The highest BCUT2D eigenvalue weighted by atomic mass is 35.5. The monoisotopic (exact) mass is 391 g/mol. The van der Waals surface area contributed by atoms with Crippen molar-refractivity contribution in [2.75, 3.05) is 30.4 Å². The van der Waals surface area contributed by atoms with E-state index in [0.29, 0.717) is 36.3 Å². The van der Waals surface area contributed by atoms with E-state index in [-0.39, 0.29) is 17.4 Å². The van der Waals surface area contributed by atoms with E-state index < -0.39 is 10.8 Å². The van der Waals surface area contributed by atoms with Crippen molar-refractivity contribution in [3.8, 4) is 11.5 Å². The maximum atomic E-state index is 12.6. The maximum absolute atomic E-state index is 12.6. The lowest BCUT2D eigenvalue weighted by molar-refractivity contribution is -0.116. The molecular formula is C19H18ClNO4S. The van der Waals surface area contributed by atoms with Crippen LogP contribution in [0.1, 0.15) is 11.1 Å². The molecule has 0 N–H and O–H groups in total. The predicted molar refractivity (Wildman–Crippen MR) is 102 cm³/mol. The molecule has 7 heteroatoms. The van der Waals surface area contributed by atoms with Gasteiger partial charge < -0.3 is 14.4 Å². The van der Waals surface area contributed by atoms with Crippen LogP contribution in [0.25, 0.3) is 0 Å². The number of amides is 1. The molecule has 136 valence electrons. The Kier molecular flexibility index (Phi) is 4.87. The fraction of sp³-hybridized carbons (Fsp3) is 0.316. The second kappa shape index (κ2) is 7.29. The third-order valence-corrected chi connectivity index (χ3v) is 5.96. The van der Waals surface area contributed by atoms with Gasteiger partial charge in [0.15, 0.2) is 11.5 Å². The molecule has 0 aromatic heterocycles. The summed E-state index contributed by atoms with van der Waals surface area (Å²) in [6.45, 7) is 1.57. The van der Waals surface area contributed by atoms with Crippen LogP contribution in [0.5, 0.6) is 11.5 Å². The zero-order valence-corrected chi connectivity index (χ0v) is 15.6. The Labute approximate surface area is 159 Å². The first-order chi connectivity index (χ1) is 12.6. The van der Waals surface area contributed by atoms with Gasteiger partial charge in [-0.05, 0) is 35.7 Å². The minimum atomic E-state index is -1.33. The summed E-state index contributed by atoms with van der Waals surface area (Å²) in [5.41, 5.74) is 2.86. The van der Waals surface area contributed by atoms with Gasteiger partial charge in [-0.25, -0.2) is 0 Å². The lowest BCUT2D eigenvalue weighted by Crippen LogP contribution is -2.33. The molecule has 2 aliphatic heterocycles. The number of rotatable bonds is 4. The number of hydrogen-bond acceptors (Lipinski definition) is 4. The summed E-state index contributed by atoms with van der Waals surface area (Å²) in [5.74, 6) is 1.21. The number of anilines is 1. The van der Waals surface area contributed by atoms with Crippen molar-refractivity contribution in [3.05, 3.63) is 52.5 Å². The molecule has 0 spiro atoms. The van der Waals surface area contributed by atoms with Crippen molar-refractivity contribution < 1.29 is 18.5 Å². The largest absolute Gasteiger partial charge is 0.486 e. The Morgan fingerprint density at radius 2 is 2.00 bits per heavy atom. The van der Waals surface area contributed by atoms with Crippen LogP contribution in [0.3, 0.4) is 0 Å². The minimum Gasteiger partial charge on any atom is -0.486 e. The molecule has 5 nitrogen and oxygen atoms in total. The third-order valence-electron chi connectivity index (χ3n) is 4.46. The Balaban J connectivity index is 1.43. The highest BCUT2D eigenvalue weighted by Gasteiger charge is 2.25. The molecule has 0 aliphatic carbocycles. The van der Waals surface area contributed by atoms with Gasteiger partial charge in [0, 0.05) is 28.8 Å². The molecular weight excluding hydrogens is 374 g/mol. The molecule has 0 fully saturated rings. The summed E-state index contributed by atoms with van der Waals surface area (Å²) in [7, 11) is -1.33. The Hall–Kier alpha value is -2.05. The number of fused-ring (bicyclic) bond motifs is 2. The summed E-state index contributed by atoms with van der Waals surface area (Å²) in [6.07, 6.45) is 0.840. The topological polar surface area (TPSA) is 55.8 Å². The molecule has 0 unspecified atom stereocenters. The zero-order chi connectivity index (χ0) is 18.1. The van der Waals surface area contributed by atoms with Crippen LogP contribution < -0.4 is 14.4 Å². The fourth-order valence-electron chi connectivity index (χ4n) is 3.30. The van der Waals surface area contributed by atoms with E-state index in [9.17, 15) is 9.00 Å². The van der Waals surface area contributed by atoms with E-state index in [0.717, 1.165) is 23.2 Å². The van der Waals surface area contributed by atoms with Gasteiger partial charge in [0.1, 0.15) is 19.0 Å². The van der Waals surface area contributed by atoms with Crippen LogP contribution in [0.4, 0.5) is 5.69 Å². The van der Waals surface area contributed by atoms with Gasteiger partial charge in [-0.2, -0.15) is 0 Å².